The molecule has 0 radical (unpaired) electrons. The fourth-order valence-electron chi connectivity index (χ4n) is 5.22. The van der Waals surface area contributed by atoms with Crippen LogP contribution in [0, 0.1) is 0 Å². The normalized spacial score (nSPS) is 24.9. The number of nitrogens with zero attached hydrogens (tertiary/aromatic N) is 2. The molecule has 1 N–H and O–H groups in total. The van der Waals surface area contributed by atoms with Crippen LogP contribution >= 0.6 is 0 Å². The van der Waals surface area contributed by atoms with Gasteiger partial charge in [0.2, 0.25) is 11.8 Å². The molecule has 3 aliphatic rings. The van der Waals surface area contributed by atoms with E-state index in [-0.39, 0.29) is 37.1 Å². The molecule has 1 saturated heterocycles. The number of nitrogens with one attached hydrogen (secondary N) is 1. The molecule has 178 valence electrons. The molecule has 0 aromatic heterocycles. The van der Waals surface area contributed by atoms with Gasteiger partial charge in [0.1, 0.15) is 17.9 Å². The lowest BCUT2D eigenvalue weighted by atomic mass is 10.0. The smallest absolute Gasteiger partial charge is 0.255 e. The van der Waals surface area contributed by atoms with Gasteiger partial charge in [0.15, 0.2) is 0 Å². The van der Waals surface area contributed by atoms with Crippen molar-refractivity contribution in [1.29, 1.82) is 0 Å². The molecule has 0 spiro atoms. The largest absolute Gasteiger partial charge is 0.489 e. The molecule has 3 atom stereocenters. The van der Waals surface area contributed by atoms with Gasteiger partial charge in [-0.05, 0) is 62.4 Å². The highest BCUT2D eigenvalue weighted by molar-refractivity contribution is 6.05. The Morgan fingerprint density at radius 3 is 2.82 bits per heavy atom. The zero-order valence-electron chi connectivity index (χ0n) is 19.1. The van der Waals surface area contributed by atoms with Crippen LogP contribution in [-0.2, 0) is 16.1 Å². The third kappa shape index (κ3) is 4.95. The first-order valence-electron chi connectivity index (χ1n) is 11.8. The monoisotopic (exact) mass is 457 g/mol. The van der Waals surface area contributed by atoms with Crippen molar-refractivity contribution < 1.29 is 23.5 Å². The Balaban J connectivity index is 1.44. The van der Waals surface area contributed by atoms with E-state index in [0.29, 0.717) is 37.2 Å². The number of halogens is 1. The Morgan fingerprint density at radius 1 is 1.27 bits per heavy atom. The molecule has 0 bridgehead atoms. The number of carbonyl (C=O) groups excluding carboxylic acids is 3. The fraction of sp³-hybridized carbons (Fsp3) is 0.560. The van der Waals surface area contributed by atoms with Crippen LogP contribution in [0.3, 0.4) is 0 Å². The van der Waals surface area contributed by atoms with E-state index < -0.39 is 11.9 Å². The molecule has 2 heterocycles. The van der Waals surface area contributed by atoms with Gasteiger partial charge in [-0.1, -0.05) is 19.1 Å². The lowest BCUT2D eigenvalue weighted by molar-refractivity contribution is -0.136. The Labute approximate surface area is 193 Å². The van der Waals surface area contributed by atoms with E-state index in [1.807, 2.05) is 12.1 Å². The molecule has 1 saturated carbocycles. The van der Waals surface area contributed by atoms with Crippen LogP contribution in [0.15, 0.2) is 30.4 Å². The number of amides is 3. The minimum atomic E-state index is -0.623. The molecule has 1 aliphatic carbocycles. The third-order valence-corrected chi connectivity index (χ3v) is 6.95. The second kappa shape index (κ2) is 10.0. The van der Waals surface area contributed by atoms with Crippen molar-refractivity contribution in [2.45, 2.75) is 70.2 Å². The number of ether oxygens (including phenoxy) is 1. The second-order valence-corrected chi connectivity index (χ2v) is 9.13. The van der Waals surface area contributed by atoms with Gasteiger partial charge < -0.3 is 9.64 Å². The Kier molecular flexibility index (Phi) is 7.12. The standard InChI is InChI=1S/C25H32FN3O4/c1-3-28(14-16(2)11-12-26)20-5-4-6-22(20)33-18-7-8-19-17(13-18)15-29(25(19)32)21-9-10-23(30)27-24(21)31/h7-8,13,20-22H,2-6,9-12,14-15H2,1H3,(H,27,30,31). The number of carbonyl (C=O) groups is 3. The van der Waals surface area contributed by atoms with Gasteiger partial charge in [-0.25, -0.2) is 0 Å². The Hall–Kier alpha value is -2.74. The number of imide groups is 1. The van der Waals surface area contributed by atoms with Crippen molar-refractivity contribution in [1.82, 2.24) is 15.1 Å². The van der Waals surface area contributed by atoms with Crippen LogP contribution in [-0.4, -0.2) is 65.5 Å². The summed E-state index contributed by atoms with van der Waals surface area (Å²) in [5, 5.41) is 2.33. The van der Waals surface area contributed by atoms with Crippen molar-refractivity contribution >= 4 is 17.7 Å². The number of fused-ring (bicyclic) bond motifs is 1. The molecule has 7 nitrogen and oxygen atoms in total. The first-order valence-corrected chi connectivity index (χ1v) is 11.8. The molecular weight excluding hydrogens is 425 g/mol. The fourth-order valence-corrected chi connectivity index (χ4v) is 5.22. The molecule has 33 heavy (non-hydrogen) atoms. The van der Waals surface area contributed by atoms with E-state index in [1.165, 1.54) is 0 Å². The van der Waals surface area contributed by atoms with Crippen LogP contribution in [0.5, 0.6) is 5.75 Å². The predicted octanol–water partition coefficient (Wildman–Crippen LogP) is 2.99. The van der Waals surface area contributed by atoms with Crippen LogP contribution in [0.4, 0.5) is 4.39 Å². The topological polar surface area (TPSA) is 79.0 Å². The summed E-state index contributed by atoms with van der Waals surface area (Å²) in [5.74, 6) is -0.182. The second-order valence-electron chi connectivity index (χ2n) is 9.13. The molecule has 2 aliphatic heterocycles. The summed E-state index contributed by atoms with van der Waals surface area (Å²) in [4.78, 5) is 40.5. The highest BCUT2D eigenvalue weighted by atomic mass is 19.1. The van der Waals surface area contributed by atoms with Crippen LogP contribution in [0.1, 0.15) is 61.4 Å². The van der Waals surface area contributed by atoms with Crippen molar-refractivity contribution in [3.8, 4) is 5.75 Å². The first-order chi connectivity index (χ1) is 15.9. The first kappa shape index (κ1) is 23.4. The van der Waals surface area contributed by atoms with E-state index in [4.69, 9.17) is 4.74 Å². The minimum absolute atomic E-state index is 0.0181. The van der Waals surface area contributed by atoms with Gasteiger partial charge in [-0.3, -0.25) is 29.0 Å². The maximum Gasteiger partial charge on any atom is 0.255 e. The number of alkyl halides is 1. The number of hydrogen-bond acceptors (Lipinski definition) is 5. The lowest BCUT2D eigenvalue weighted by Gasteiger charge is -2.33. The van der Waals surface area contributed by atoms with E-state index in [2.05, 4.69) is 23.7 Å². The molecule has 2 fully saturated rings. The molecule has 8 heteroatoms. The van der Waals surface area contributed by atoms with Gasteiger partial charge in [0.05, 0.1) is 6.67 Å². The summed E-state index contributed by atoms with van der Waals surface area (Å²) in [6.45, 7) is 7.57. The Morgan fingerprint density at radius 2 is 2.09 bits per heavy atom. The summed E-state index contributed by atoms with van der Waals surface area (Å²) in [6.07, 6.45) is 4.01. The highest BCUT2D eigenvalue weighted by Gasteiger charge is 2.39. The molecule has 4 rings (SSSR count). The number of benzene rings is 1. The van der Waals surface area contributed by atoms with E-state index >= 15 is 0 Å². The quantitative estimate of drug-likeness (QED) is 0.456. The average Bonchev–Trinajstić information content (AvgIpc) is 3.36. The van der Waals surface area contributed by atoms with E-state index in [1.54, 1.807) is 11.0 Å². The van der Waals surface area contributed by atoms with E-state index in [0.717, 1.165) is 36.9 Å². The molecule has 1 aromatic carbocycles. The summed E-state index contributed by atoms with van der Waals surface area (Å²) in [6, 6.07) is 5.09. The summed E-state index contributed by atoms with van der Waals surface area (Å²) in [5.41, 5.74) is 2.31. The molecular formula is C25H32FN3O4. The van der Waals surface area contributed by atoms with Crippen LogP contribution in [0.2, 0.25) is 0 Å². The number of hydrogen-bond donors (Lipinski definition) is 1. The van der Waals surface area contributed by atoms with Gasteiger partial charge >= 0.3 is 0 Å². The van der Waals surface area contributed by atoms with Crippen LogP contribution in [0.25, 0.3) is 0 Å². The van der Waals surface area contributed by atoms with Crippen LogP contribution < -0.4 is 10.1 Å². The van der Waals surface area contributed by atoms with Gasteiger partial charge in [0.25, 0.3) is 5.91 Å². The summed E-state index contributed by atoms with van der Waals surface area (Å²) >= 11 is 0. The molecule has 1 aromatic rings. The zero-order valence-corrected chi connectivity index (χ0v) is 19.1. The SMILES string of the molecule is C=C(CCF)CN(CC)C1CCCC1Oc1ccc2c(c1)CN(C1CCC(=O)NC1=O)C2=O. The predicted molar refractivity (Wildman–Crippen MR) is 122 cm³/mol. The summed E-state index contributed by atoms with van der Waals surface area (Å²) < 4.78 is 19.1. The van der Waals surface area contributed by atoms with Gasteiger partial charge in [-0.15, -0.1) is 0 Å². The van der Waals surface area contributed by atoms with Crippen molar-refractivity contribution in [2.75, 3.05) is 19.8 Å². The lowest BCUT2D eigenvalue weighted by Crippen LogP contribution is -2.52. The van der Waals surface area contributed by atoms with Crippen molar-refractivity contribution in [2.24, 2.45) is 0 Å². The third-order valence-electron chi connectivity index (χ3n) is 6.95. The van der Waals surface area contributed by atoms with Gasteiger partial charge in [0, 0.05) is 31.1 Å². The van der Waals surface area contributed by atoms with Crippen molar-refractivity contribution in [3.05, 3.63) is 41.5 Å². The van der Waals surface area contributed by atoms with Crippen molar-refractivity contribution in [3.63, 3.8) is 0 Å². The number of rotatable bonds is 9. The Bertz CT molecular complexity index is 950. The number of likely N-dealkylation sites (N-methyl/N-ethyl adjacent to an activating group) is 1. The molecule has 3 amide bonds. The average molecular weight is 458 g/mol. The number of piperidine rings is 1. The maximum atomic E-state index is 12.9. The summed E-state index contributed by atoms with van der Waals surface area (Å²) in [7, 11) is 0. The minimum Gasteiger partial charge on any atom is -0.489 e. The van der Waals surface area contributed by atoms with Gasteiger partial charge in [-0.2, -0.15) is 0 Å². The van der Waals surface area contributed by atoms with E-state index in [9.17, 15) is 18.8 Å². The maximum absolute atomic E-state index is 12.9. The zero-order chi connectivity index (χ0) is 23.5. The molecule has 3 unspecified atom stereocenters. The highest BCUT2D eigenvalue weighted by Crippen LogP contribution is 2.33.